The Labute approximate surface area is 159 Å². The average molecular weight is 386 g/mol. The van der Waals surface area contributed by atoms with Crippen LogP contribution in [0.4, 0.5) is 11.5 Å². The van der Waals surface area contributed by atoms with Gasteiger partial charge in [-0.15, -0.1) is 0 Å². The van der Waals surface area contributed by atoms with E-state index in [9.17, 15) is 19.7 Å². The molecular weight excluding hydrogens is 368 g/mol. The number of carboxylic acids is 1. The number of pyridine rings is 1. The average Bonchev–Trinajstić information content (AvgIpc) is 2.68. The highest BCUT2D eigenvalue weighted by molar-refractivity contribution is 5.92. The fourth-order valence-corrected chi connectivity index (χ4v) is 3.00. The Morgan fingerprint density at radius 3 is 2.36 bits per heavy atom. The molecule has 1 aliphatic heterocycles. The number of carbonyl (C=O) groups is 2. The summed E-state index contributed by atoms with van der Waals surface area (Å²) in [5.74, 6) is -1.21. The molecule has 0 spiro atoms. The van der Waals surface area contributed by atoms with E-state index in [0.29, 0.717) is 37.2 Å². The van der Waals surface area contributed by atoms with E-state index in [1.165, 1.54) is 24.3 Å². The molecular formula is C18H18N4O6. The van der Waals surface area contributed by atoms with E-state index in [2.05, 4.69) is 4.98 Å². The Bertz CT molecular complexity index is 907. The van der Waals surface area contributed by atoms with Gasteiger partial charge in [-0.3, -0.25) is 19.7 Å². The van der Waals surface area contributed by atoms with E-state index in [0.717, 1.165) is 0 Å². The minimum atomic E-state index is -0.862. The molecule has 3 N–H and O–H groups in total. The van der Waals surface area contributed by atoms with Crippen molar-refractivity contribution in [2.75, 3.05) is 18.0 Å². The molecule has 1 fully saturated rings. The Kier molecular flexibility index (Phi) is 5.39. The standard InChI is InChI=1S/C18H18N4O6/c19-16(23)11-1-3-13(4-2-11)28-15-6-5-14(22(26)27)17(20-15)21-9-7-12(8-10-21)18(24)25/h1-6,12H,7-10H2,(H2,19,23)(H,24,25). The number of ether oxygens (including phenoxy) is 1. The third kappa shape index (κ3) is 4.17. The Morgan fingerprint density at radius 1 is 1.18 bits per heavy atom. The van der Waals surface area contributed by atoms with Crippen molar-refractivity contribution >= 4 is 23.4 Å². The number of piperidine rings is 1. The van der Waals surface area contributed by atoms with Crippen LogP contribution in [0, 0.1) is 16.0 Å². The lowest BCUT2D eigenvalue weighted by Gasteiger charge is -2.30. The summed E-state index contributed by atoms with van der Waals surface area (Å²) >= 11 is 0. The second-order valence-electron chi connectivity index (χ2n) is 6.34. The SMILES string of the molecule is NC(=O)c1ccc(Oc2ccc([N+](=O)[O-])c(N3CCC(C(=O)O)CC3)n2)cc1. The van der Waals surface area contributed by atoms with Gasteiger partial charge in [0.1, 0.15) is 5.75 Å². The van der Waals surface area contributed by atoms with Gasteiger partial charge >= 0.3 is 11.7 Å². The molecule has 0 bridgehead atoms. The summed E-state index contributed by atoms with van der Waals surface area (Å²) in [6, 6.07) is 8.77. The number of nitro groups is 1. The topological polar surface area (TPSA) is 149 Å². The van der Waals surface area contributed by atoms with E-state index in [1.54, 1.807) is 17.0 Å². The second kappa shape index (κ2) is 7.91. The van der Waals surface area contributed by atoms with Crippen molar-refractivity contribution in [1.82, 2.24) is 4.98 Å². The number of anilines is 1. The molecule has 10 nitrogen and oxygen atoms in total. The predicted octanol–water partition coefficient (Wildman–Crippen LogP) is 2.18. The number of hydrogen-bond acceptors (Lipinski definition) is 7. The van der Waals surface area contributed by atoms with E-state index in [-0.39, 0.29) is 17.4 Å². The molecule has 0 saturated carbocycles. The summed E-state index contributed by atoms with van der Waals surface area (Å²) in [7, 11) is 0. The highest BCUT2D eigenvalue weighted by atomic mass is 16.6. The molecule has 10 heteroatoms. The molecule has 0 atom stereocenters. The molecule has 2 heterocycles. The number of nitrogens with two attached hydrogens (primary N) is 1. The molecule has 1 aromatic carbocycles. The normalized spacial score (nSPS) is 14.5. The molecule has 0 radical (unpaired) electrons. The smallest absolute Gasteiger partial charge is 0.311 e. The van der Waals surface area contributed by atoms with Crippen molar-refractivity contribution in [2.24, 2.45) is 11.7 Å². The molecule has 2 aromatic rings. The van der Waals surface area contributed by atoms with Crippen LogP contribution < -0.4 is 15.4 Å². The van der Waals surface area contributed by atoms with Gasteiger partial charge in [0, 0.05) is 30.8 Å². The van der Waals surface area contributed by atoms with Gasteiger partial charge in [0.25, 0.3) is 0 Å². The van der Waals surface area contributed by atoms with Crippen LogP contribution in [0.15, 0.2) is 36.4 Å². The van der Waals surface area contributed by atoms with Crippen LogP contribution in [0.1, 0.15) is 23.2 Å². The maximum absolute atomic E-state index is 11.4. The quantitative estimate of drug-likeness (QED) is 0.567. The van der Waals surface area contributed by atoms with Crippen molar-refractivity contribution in [2.45, 2.75) is 12.8 Å². The van der Waals surface area contributed by atoms with Gasteiger partial charge in [-0.25, -0.2) is 0 Å². The lowest BCUT2D eigenvalue weighted by Crippen LogP contribution is -2.37. The number of amides is 1. The zero-order valence-electron chi connectivity index (χ0n) is 14.8. The molecule has 1 aliphatic rings. The van der Waals surface area contributed by atoms with Gasteiger partial charge in [0.15, 0.2) is 0 Å². The maximum Gasteiger partial charge on any atom is 0.311 e. The number of rotatable bonds is 6. The molecule has 28 heavy (non-hydrogen) atoms. The van der Waals surface area contributed by atoms with Crippen LogP contribution in [0.5, 0.6) is 11.6 Å². The maximum atomic E-state index is 11.4. The molecule has 146 valence electrons. The third-order valence-corrected chi connectivity index (χ3v) is 4.53. The van der Waals surface area contributed by atoms with Gasteiger partial charge in [0.05, 0.1) is 10.8 Å². The van der Waals surface area contributed by atoms with E-state index in [4.69, 9.17) is 15.6 Å². The van der Waals surface area contributed by atoms with Gasteiger partial charge < -0.3 is 20.5 Å². The number of aliphatic carboxylic acids is 1. The van der Waals surface area contributed by atoms with Crippen LogP contribution in [0.2, 0.25) is 0 Å². The fourth-order valence-electron chi connectivity index (χ4n) is 3.00. The summed E-state index contributed by atoms with van der Waals surface area (Å²) in [5, 5.41) is 20.5. The third-order valence-electron chi connectivity index (χ3n) is 4.53. The minimum absolute atomic E-state index is 0.139. The van der Waals surface area contributed by atoms with Crippen LogP contribution in [-0.2, 0) is 4.79 Å². The number of benzene rings is 1. The lowest BCUT2D eigenvalue weighted by molar-refractivity contribution is -0.384. The van der Waals surface area contributed by atoms with Crippen molar-refractivity contribution in [3.63, 3.8) is 0 Å². The largest absolute Gasteiger partial charge is 0.481 e. The monoisotopic (exact) mass is 386 g/mol. The summed E-state index contributed by atoms with van der Waals surface area (Å²) in [5.41, 5.74) is 5.34. The number of carboxylic acid groups (broad SMARTS) is 1. The lowest BCUT2D eigenvalue weighted by atomic mass is 9.97. The second-order valence-corrected chi connectivity index (χ2v) is 6.34. The van der Waals surface area contributed by atoms with E-state index < -0.39 is 22.7 Å². The van der Waals surface area contributed by atoms with Crippen molar-refractivity contribution in [3.8, 4) is 11.6 Å². The minimum Gasteiger partial charge on any atom is -0.481 e. The Morgan fingerprint density at radius 2 is 1.82 bits per heavy atom. The van der Waals surface area contributed by atoms with Crippen molar-refractivity contribution in [3.05, 3.63) is 52.1 Å². The van der Waals surface area contributed by atoms with Crippen molar-refractivity contribution in [1.29, 1.82) is 0 Å². The highest BCUT2D eigenvalue weighted by Crippen LogP contribution is 2.33. The summed E-state index contributed by atoms with van der Waals surface area (Å²) in [6.45, 7) is 0.698. The Hall–Kier alpha value is -3.69. The Balaban J connectivity index is 1.82. The fraction of sp³-hybridized carbons (Fsp3) is 0.278. The van der Waals surface area contributed by atoms with Crippen LogP contribution >= 0.6 is 0 Å². The molecule has 1 amide bonds. The first-order valence-corrected chi connectivity index (χ1v) is 8.56. The molecule has 1 saturated heterocycles. The zero-order valence-corrected chi connectivity index (χ0v) is 14.8. The number of nitrogens with zero attached hydrogens (tertiary/aromatic N) is 3. The zero-order chi connectivity index (χ0) is 20.3. The number of hydrogen-bond donors (Lipinski definition) is 2. The van der Waals surface area contributed by atoms with Gasteiger partial charge in [0.2, 0.25) is 17.6 Å². The highest BCUT2D eigenvalue weighted by Gasteiger charge is 2.29. The molecule has 3 rings (SSSR count). The summed E-state index contributed by atoms with van der Waals surface area (Å²) < 4.78 is 5.63. The molecule has 0 unspecified atom stereocenters. The van der Waals surface area contributed by atoms with E-state index in [1.807, 2.05) is 0 Å². The van der Waals surface area contributed by atoms with Crippen molar-refractivity contribution < 1.29 is 24.4 Å². The summed E-state index contributed by atoms with van der Waals surface area (Å²) in [4.78, 5) is 39.0. The van der Waals surface area contributed by atoms with Gasteiger partial charge in [-0.1, -0.05) is 0 Å². The van der Waals surface area contributed by atoms with Gasteiger partial charge in [-0.2, -0.15) is 4.98 Å². The number of carbonyl (C=O) groups excluding carboxylic acids is 1. The number of aromatic nitrogens is 1. The first-order valence-electron chi connectivity index (χ1n) is 8.56. The molecule has 1 aromatic heterocycles. The van der Waals surface area contributed by atoms with Crippen LogP contribution in [0.3, 0.4) is 0 Å². The summed E-state index contributed by atoms with van der Waals surface area (Å²) in [6.07, 6.45) is 0.766. The van der Waals surface area contributed by atoms with E-state index >= 15 is 0 Å². The van der Waals surface area contributed by atoms with Gasteiger partial charge in [-0.05, 0) is 37.1 Å². The molecule has 0 aliphatic carbocycles. The first kappa shape index (κ1) is 19.1. The van der Waals surface area contributed by atoms with Crippen LogP contribution in [0.25, 0.3) is 0 Å². The number of primary amides is 1. The first-order chi connectivity index (χ1) is 13.3. The van der Waals surface area contributed by atoms with Crippen LogP contribution in [-0.4, -0.2) is 40.0 Å². The predicted molar refractivity (Wildman–Crippen MR) is 98.5 cm³/mol.